The molecule has 0 radical (unpaired) electrons. The molecule has 1 aliphatic heterocycles. The molecule has 32 heavy (non-hydrogen) atoms. The minimum absolute atomic E-state index is 0.145. The third kappa shape index (κ3) is 4.53. The molecule has 172 valence electrons. The molecule has 7 heteroatoms. The van der Waals surface area contributed by atoms with Crippen molar-refractivity contribution in [2.45, 2.75) is 33.2 Å². The fraction of sp³-hybridized carbons (Fsp3) is 0.400. The predicted octanol–water partition coefficient (Wildman–Crippen LogP) is 3.24. The molecule has 0 spiro atoms. The van der Waals surface area contributed by atoms with Crippen LogP contribution >= 0.6 is 0 Å². The number of phenolic OH excluding ortho intramolecular Hbond substituents is 1. The molecule has 0 saturated carbocycles. The number of aromatic hydroxyl groups is 1. The van der Waals surface area contributed by atoms with E-state index in [0.717, 1.165) is 25.9 Å². The molecule has 0 fully saturated rings. The number of hydrogen-bond donors (Lipinski definition) is 2. The number of ether oxygens (including phenoxy) is 4. The number of Topliss-reactive ketones (excluding diaryl/α,β-unsaturated/α-hetero) is 1. The number of benzene rings is 2. The number of nitrogens with one attached hydrogen (secondary N) is 1. The first-order valence-electron chi connectivity index (χ1n) is 10.9. The van der Waals surface area contributed by atoms with E-state index >= 15 is 0 Å². The van der Waals surface area contributed by atoms with E-state index in [9.17, 15) is 9.90 Å². The van der Waals surface area contributed by atoms with Gasteiger partial charge in [-0.2, -0.15) is 0 Å². The standard InChI is InChI=1S/C25H31NO6/c1-6-12-26(13-7-2)15-18-19(27)10-9-17-22(28)21(32-24(17)18)14-16-8-11-20(29-3)25(31-5)23(16)30-4/h8-11,14,27H,6-7,12-13,15H2,1-5H3/p+1/b21-14-. The zero-order valence-corrected chi connectivity index (χ0v) is 19.4. The number of allylic oxidation sites excluding steroid dienone is 1. The Balaban J connectivity index is 2.00. The number of ketones is 1. The van der Waals surface area contributed by atoms with Crippen LogP contribution in [0.25, 0.3) is 6.08 Å². The Labute approximate surface area is 189 Å². The summed E-state index contributed by atoms with van der Waals surface area (Å²) in [5.74, 6) is 1.92. The van der Waals surface area contributed by atoms with Crippen LogP contribution in [0.5, 0.6) is 28.7 Å². The summed E-state index contributed by atoms with van der Waals surface area (Å²) >= 11 is 0. The van der Waals surface area contributed by atoms with Gasteiger partial charge in [-0.05, 0) is 43.2 Å². The zero-order valence-electron chi connectivity index (χ0n) is 19.4. The van der Waals surface area contributed by atoms with Crippen LogP contribution in [0.1, 0.15) is 48.2 Å². The van der Waals surface area contributed by atoms with Gasteiger partial charge >= 0.3 is 0 Å². The predicted molar refractivity (Wildman–Crippen MR) is 122 cm³/mol. The van der Waals surface area contributed by atoms with Gasteiger partial charge in [0.1, 0.15) is 12.3 Å². The summed E-state index contributed by atoms with van der Waals surface area (Å²) in [6, 6.07) is 6.71. The Morgan fingerprint density at radius 2 is 1.66 bits per heavy atom. The number of carbonyl (C=O) groups is 1. The lowest BCUT2D eigenvalue weighted by molar-refractivity contribution is -0.914. The van der Waals surface area contributed by atoms with Gasteiger partial charge in [-0.25, -0.2) is 0 Å². The average molecular weight is 443 g/mol. The molecule has 0 atom stereocenters. The molecule has 0 aliphatic carbocycles. The van der Waals surface area contributed by atoms with Crippen molar-refractivity contribution < 1.29 is 33.7 Å². The summed E-state index contributed by atoms with van der Waals surface area (Å²) in [5, 5.41) is 10.6. The second kappa shape index (κ2) is 10.4. The first-order chi connectivity index (χ1) is 15.5. The van der Waals surface area contributed by atoms with Crippen LogP contribution < -0.4 is 23.8 Å². The molecule has 0 unspecified atom stereocenters. The highest BCUT2D eigenvalue weighted by molar-refractivity contribution is 6.15. The van der Waals surface area contributed by atoms with Crippen LogP contribution in [0.4, 0.5) is 0 Å². The van der Waals surface area contributed by atoms with E-state index < -0.39 is 0 Å². The number of carbonyl (C=O) groups excluding carboxylic acids is 1. The summed E-state index contributed by atoms with van der Waals surface area (Å²) in [5.41, 5.74) is 1.74. The lowest BCUT2D eigenvalue weighted by Gasteiger charge is -2.20. The molecule has 1 aliphatic rings. The maximum Gasteiger partial charge on any atom is 0.231 e. The molecule has 0 amide bonds. The highest BCUT2D eigenvalue weighted by Crippen LogP contribution is 2.43. The van der Waals surface area contributed by atoms with Crippen molar-refractivity contribution in [3.05, 3.63) is 46.7 Å². The summed E-state index contributed by atoms with van der Waals surface area (Å²) in [7, 11) is 4.60. The van der Waals surface area contributed by atoms with Gasteiger partial charge in [0.05, 0.1) is 45.5 Å². The van der Waals surface area contributed by atoms with E-state index in [2.05, 4.69) is 13.8 Å². The van der Waals surface area contributed by atoms with Gasteiger partial charge in [0.25, 0.3) is 0 Å². The fourth-order valence-electron chi connectivity index (χ4n) is 4.11. The molecular weight excluding hydrogens is 410 g/mol. The Hall–Kier alpha value is -3.19. The average Bonchev–Trinajstić information content (AvgIpc) is 3.10. The summed E-state index contributed by atoms with van der Waals surface area (Å²) in [4.78, 5) is 14.4. The van der Waals surface area contributed by atoms with Crippen LogP contribution in [0.3, 0.4) is 0 Å². The van der Waals surface area contributed by atoms with E-state index in [1.54, 1.807) is 37.5 Å². The topological polar surface area (TPSA) is 78.7 Å². The normalized spacial score (nSPS) is 13.9. The van der Waals surface area contributed by atoms with Crippen LogP contribution in [0.15, 0.2) is 30.0 Å². The fourth-order valence-corrected chi connectivity index (χ4v) is 4.11. The number of phenols is 1. The Bertz CT molecular complexity index is 1010. The van der Waals surface area contributed by atoms with Crippen molar-refractivity contribution in [3.8, 4) is 28.7 Å². The molecule has 3 rings (SSSR count). The van der Waals surface area contributed by atoms with Gasteiger partial charge in [-0.15, -0.1) is 0 Å². The van der Waals surface area contributed by atoms with Crippen molar-refractivity contribution in [1.29, 1.82) is 0 Å². The van der Waals surface area contributed by atoms with Gasteiger partial charge < -0.3 is 29.0 Å². The van der Waals surface area contributed by atoms with Crippen LogP contribution in [0, 0.1) is 0 Å². The molecule has 7 nitrogen and oxygen atoms in total. The minimum Gasteiger partial charge on any atom is -0.507 e. The van der Waals surface area contributed by atoms with E-state index in [1.807, 2.05) is 0 Å². The van der Waals surface area contributed by atoms with E-state index in [4.69, 9.17) is 18.9 Å². The van der Waals surface area contributed by atoms with E-state index in [0.29, 0.717) is 46.2 Å². The molecule has 2 aromatic rings. The quantitative estimate of drug-likeness (QED) is 0.550. The van der Waals surface area contributed by atoms with Crippen LogP contribution in [-0.2, 0) is 6.54 Å². The molecular formula is C25H32NO6+. The summed E-state index contributed by atoms with van der Waals surface area (Å²) in [6.07, 6.45) is 3.71. The summed E-state index contributed by atoms with van der Waals surface area (Å²) in [6.45, 7) is 6.84. The molecule has 0 bridgehead atoms. The second-order valence-electron chi connectivity index (χ2n) is 7.73. The number of quaternary nitrogens is 1. The zero-order chi connectivity index (χ0) is 23.3. The van der Waals surface area contributed by atoms with Crippen molar-refractivity contribution >= 4 is 11.9 Å². The number of methoxy groups -OCH3 is 3. The van der Waals surface area contributed by atoms with Crippen LogP contribution in [-0.4, -0.2) is 45.3 Å². The van der Waals surface area contributed by atoms with Gasteiger partial charge in [-0.3, -0.25) is 4.79 Å². The highest BCUT2D eigenvalue weighted by atomic mass is 16.5. The van der Waals surface area contributed by atoms with Gasteiger partial charge in [0, 0.05) is 5.56 Å². The molecule has 0 aromatic heterocycles. The van der Waals surface area contributed by atoms with Gasteiger partial charge in [0.15, 0.2) is 23.0 Å². The Morgan fingerprint density at radius 3 is 2.25 bits per heavy atom. The molecule has 2 aromatic carbocycles. The monoisotopic (exact) mass is 442 g/mol. The number of fused-ring (bicyclic) bond motifs is 1. The van der Waals surface area contributed by atoms with E-state index in [1.165, 1.54) is 19.1 Å². The smallest absolute Gasteiger partial charge is 0.231 e. The number of rotatable bonds is 10. The Morgan fingerprint density at radius 1 is 0.969 bits per heavy atom. The Kier molecular flexibility index (Phi) is 7.64. The molecule has 1 heterocycles. The van der Waals surface area contributed by atoms with Crippen molar-refractivity contribution in [3.63, 3.8) is 0 Å². The minimum atomic E-state index is -0.231. The van der Waals surface area contributed by atoms with Gasteiger partial charge in [0.2, 0.25) is 11.5 Å². The van der Waals surface area contributed by atoms with Gasteiger partial charge in [-0.1, -0.05) is 13.8 Å². The van der Waals surface area contributed by atoms with Crippen molar-refractivity contribution in [2.24, 2.45) is 0 Å². The molecule has 0 saturated heterocycles. The summed E-state index contributed by atoms with van der Waals surface area (Å²) < 4.78 is 22.3. The molecule has 2 N–H and O–H groups in total. The van der Waals surface area contributed by atoms with Crippen LogP contribution in [0.2, 0.25) is 0 Å². The maximum absolute atomic E-state index is 13.1. The maximum atomic E-state index is 13.1. The van der Waals surface area contributed by atoms with Crippen molar-refractivity contribution in [2.75, 3.05) is 34.4 Å². The lowest BCUT2D eigenvalue weighted by atomic mass is 10.0. The first kappa shape index (κ1) is 23.5. The lowest BCUT2D eigenvalue weighted by Crippen LogP contribution is -3.10. The second-order valence-corrected chi connectivity index (χ2v) is 7.73. The van der Waals surface area contributed by atoms with E-state index in [-0.39, 0.29) is 17.3 Å². The third-order valence-electron chi connectivity index (χ3n) is 5.57. The third-order valence-corrected chi connectivity index (χ3v) is 5.57. The largest absolute Gasteiger partial charge is 0.507 e. The SMILES string of the molecule is CCC[NH+](CCC)Cc1c(O)ccc2c1O/C(=C\c1ccc(OC)c(OC)c1OC)C2=O. The first-order valence-corrected chi connectivity index (χ1v) is 10.9. The highest BCUT2D eigenvalue weighted by Gasteiger charge is 2.33. The number of hydrogen-bond acceptors (Lipinski definition) is 6. The van der Waals surface area contributed by atoms with Crippen molar-refractivity contribution in [1.82, 2.24) is 0 Å².